The van der Waals surface area contributed by atoms with Crippen LogP contribution in [-0.4, -0.2) is 60.0 Å². The van der Waals surface area contributed by atoms with Gasteiger partial charge in [-0.1, -0.05) is 0 Å². The fourth-order valence-electron chi connectivity index (χ4n) is 2.26. The highest BCUT2D eigenvalue weighted by Crippen LogP contribution is 2.16. The Morgan fingerprint density at radius 3 is 2.85 bits per heavy atom. The van der Waals surface area contributed by atoms with Gasteiger partial charge in [-0.05, 0) is 19.8 Å². The summed E-state index contributed by atoms with van der Waals surface area (Å²) in [5.41, 5.74) is 5.95. The van der Waals surface area contributed by atoms with Gasteiger partial charge in [-0.15, -0.1) is 0 Å². The molecule has 0 saturated carbocycles. The Kier molecular flexibility index (Phi) is 5.37. The number of H-pyrrole nitrogens is 1. The number of piperidine rings is 1. The third-order valence-corrected chi connectivity index (χ3v) is 3.34. The summed E-state index contributed by atoms with van der Waals surface area (Å²) in [7, 11) is 0. The Morgan fingerprint density at radius 1 is 1.50 bits per heavy atom. The Morgan fingerprint density at radius 2 is 2.25 bits per heavy atom. The van der Waals surface area contributed by atoms with Gasteiger partial charge in [0.25, 0.3) is 5.91 Å². The number of hydrogen-bond acceptors (Lipinski definition) is 5. The topological polar surface area (TPSA) is 93.5 Å². The molecule has 1 amide bonds. The molecular formula is C13H22N4O3. The molecule has 1 aromatic rings. The molecule has 1 aliphatic rings. The number of carbonyl (C=O) groups is 1. The zero-order valence-corrected chi connectivity index (χ0v) is 11.8. The molecule has 7 heteroatoms. The molecule has 20 heavy (non-hydrogen) atoms. The first-order valence-electron chi connectivity index (χ1n) is 7.00. The van der Waals surface area contributed by atoms with Gasteiger partial charge in [-0.25, -0.2) is 0 Å². The maximum Gasteiger partial charge on any atom is 0.271 e. The summed E-state index contributed by atoms with van der Waals surface area (Å²) in [6.07, 6.45) is 1.91. The van der Waals surface area contributed by atoms with Crippen molar-refractivity contribution in [3.05, 3.63) is 11.8 Å². The number of nitrogen functional groups attached to an aromatic ring is 1. The van der Waals surface area contributed by atoms with Crippen molar-refractivity contribution in [2.24, 2.45) is 0 Å². The van der Waals surface area contributed by atoms with E-state index in [0.29, 0.717) is 44.4 Å². The Bertz CT molecular complexity index is 427. The van der Waals surface area contributed by atoms with Crippen LogP contribution < -0.4 is 5.73 Å². The second-order valence-corrected chi connectivity index (χ2v) is 4.77. The van der Waals surface area contributed by atoms with Crippen LogP contribution in [0.1, 0.15) is 30.3 Å². The molecule has 0 aromatic carbocycles. The first-order valence-corrected chi connectivity index (χ1v) is 7.00. The van der Waals surface area contributed by atoms with Crippen LogP contribution in [0.3, 0.4) is 0 Å². The molecule has 0 aliphatic carbocycles. The Balaban J connectivity index is 1.72. The predicted octanol–water partition coefficient (Wildman–Crippen LogP) is 0.650. The number of nitrogens with two attached hydrogens (primary N) is 1. The van der Waals surface area contributed by atoms with Gasteiger partial charge in [-0.2, -0.15) is 5.10 Å². The first-order chi connectivity index (χ1) is 9.70. The second-order valence-electron chi connectivity index (χ2n) is 4.77. The minimum atomic E-state index is -0.0537. The van der Waals surface area contributed by atoms with Crippen LogP contribution in [0.4, 0.5) is 5.82 Å². The number of aromatic amines is 1. The quantitative estimate of drug-likeness (QED) is 0.747. The standard InChI is InChI=1S/C13H22N4O3/c1-2-19-7-8-20-10-3-5-17(6-4-10)13(18)11-9-12(14)16-15-11/h9-10H,2-8H2,1H3,(H3,14,15,16). The summed E-state index contributed by atoms with van der Waals surface area (Å²) in [6, 6.07) is 1.56. The van der Waals surface area contributed by atoms with E-state index in [1.165, 1.54) is 0 Å². The molecule has 0 unspecified atom stereocenters. The SMILES string of the molecule is CCOCCOC1CCN(C(=O)c2cc(N)n[nH]2)CC1. The third kappa shape index (κ3) is 3.94. The third-order valence-electron chi connectivity index (χ3n) is 3.34. The van der Waals surface area contributed by atoms with Crippen molar-refractivity contribution in [1.82, 2.24) is 15.1 Å². The monoisotopic (exact) mass is 282 g/mol. The molecule has 0 atom stereocenters. The van der Waals surface area contributed by atoms with Gasteiger partial charge in [0.15, 0.2) is 0 Å². The van der Waals surface area contributed by atoms with Crippen LogP contribution >= 0.6 is 0 Å². The molecule has 112 valence electrons. The van der Waals surface area contributed by atoms with Crippen molar-refractivity contribution >= 4 is 11.7 Å². The van der Waals surface area contributed by atoms with Crippen molar-refractivity contribution in [3.8, 4) is 0 Å². The molecule has 1 aromatic heterocycles. The average Bonchev–Trinajstić information content (AvgIpc) is 2.90. The highest BCUT2D eigenvalue weighted by atomic mass is 16.5. The van der Waals surface area contributed by atoms with Gasteiger partial charge in [0.2, 0.25) is 0 Å². The number of likely N-dealkylation sites (tertiary alicyclic amines) is 1. The van der Waals surface area contributed by atoms with Crippen LogP contribution in [0.25, 0.3) is 0 Å². The lowest BCUT2D eigenvalue weighted by Crippen LogP contribution is -2.41. The van der Waals surface area contributed by atoms with E-state index in [4.69, 9.17) is 15.2 Å². The molecule has 7 nitrogen and oxygen atoms in total. The number of carbonyl (C=O) groups excluding carboxylic acids is 1. The van der Waals surface area contributed by atoms with Crippen LogP contribution in [-0.2, 0) is 9.47 Å². The molecule has 0 spiro atoms. The van der Waals surface area contributed by atoms with Crippen molar-refractivity contribution in [3.63, 3.8) is 0 Å². The van der Waals surface area contributed by atoms with Crippen molar-refractivity contribution in [2.45, 2.75) is 25.9 Å². The lowest BCUT2D eigenvalue weighted by atomic mass is 10.1. The number of nitrogens with zero attached hydrogens (tertiary/aromatic N) is 2. The number of anilines is 1. The minimum absolute atomic E-state index is 0.0537. The van der Waals surface area contributed by atoms with E-state index >= 15 is 0 Å². The maximum absolute atomic E-state index is 12.2. The first kappa shape index (κ1) is 14.8. The Hall–Kier alpha value is -1.60. The number of nitrogens with one attached hydrogen (secondary N) is 1. The summed E-state index contributed by atoms with van der Waals surface area (Å²) < 4.78 is 11.0. The van der Waals surface area contributed by atoms with E-state index in [1.807, 2.05) is 6.92 Å². The molecule has 1 fully saturated rings. The molecule has 2 rings (SSSR count). The molecule has 2 heterocycles. The maximum atomic E-state index is 12.2. The van der Waals surface area contributed by atoms with Crippen molar-refractivity contribution < 1.29 is 14.3 Å². The fraction of sp³-hybridized carbons (Fsp3) is 0.692. The number of amides is 1. The fourth-order valence-corrected chi connectivity index (χ4v) is 2.26. The molecule has 3 N–H and O–H groups in total. The van der Waals surface area contributed by atoms with E-state index in [2.05, 4.69) is 10.2 Å². The van der Waals surface area contributed by atoms with Gasteiger partial charge >= 0.3 is 0 Å². The van der Waals surface area contributed by atoms with E-state index in [-0.39, 0.29) is 12.0 Å². The van der Waals surface area contributed by atoms with E-state index in [9.17, 15) is 4.79 Å². The van der Waals surface area contributed by atoms with Gasteiger partial charge in [0.05, 0.1) is 19.3 Å². The van der Waals surface area contributed by atoms with Gasteiger partial charge in [0, 0.05) is 25.8 Å². The molecule has 0 bridgehead atoms. The number of rotatable bonds is 6. The summed E-state index contributed by atoms with van der Waals surface area (Å²) >= 11 is 0. The second kappa shape index (κ2) is 7.25. The average molecular weight is 282 g/mol. The molecule has 1 saturated heterocycles. The van der Waals surface area contributed by atoms with Gasteiger partial charge in [-0.3, -0.25) is 9.89 Å². The summed E-state index contributed by atoms with van der Waals surface area (Å²) in [5, 5.41) is 6.42. The number of aromatic nitrogens is 2. The largest absolute Gasteiger partial charge is 0.382 e. The normalized spacial score (nSPS) is 16.6. The number of ether oxygens (including phenoxy) is 2. The highest BCUT2D eigenvalue weighted by Gasteiger charge is 2.24. The smallest absolute Gasteiger partial charge is 0.271 e. The van der Waals surface area contributed by atoms with Gasteiger partial charge in [0.1, 0.15) is 11.5 Å². The lowest BCUT2D eigenvalue weighted by molar-refractivity contribution is -0.0183. The zero-order valence-electron chi connectivity index (χ0n) is 11.8. The molecule has 0 radical (unpaired) electrons. The van der Waals surface area contributed by atoms with Crippen LogP contribution in [0, 0.1) is 0 Å². The number of hydrogen-bond donors (Lipinski definition) is 2. The summed E-state index contributed by atoms with van der Waals surface area (Å²) in [4.78, 5) is 14.0. The van der Waals surface area contributed by atoms with Crippen molar-refractivity contribution in [1.29, 1.82) is 0 Å². The predicted molar refractivity (Wildman–Crippen MR) is 74.4 cm³/mol. The zero-order chi connectivity index (χ0) is 14.4. The molecular weight excluding hydrogens is 260 g/mol. The molecule has 1 aliphatic heterocycles. The van der Waals surface area contributed by atoms with E-state index < -0.39 is 0 Å². The van der Waals surface area contributed by atoms with E-state index in [0.717, 1.165) is 12.8 Å². The Labute approximate surface area is 118 Å². The van der Waals surface area contributed by atoms with Crippen LogP contribution in [0.15, 0.2) is 6.07 Å². The van der Waals surface area contributed by atoms with E-state index in [1.54, 1.807) is 11.0 Å². The van der Waals surface area contributed by atoms with Crippen molar-refractivity contribution in [2.75, 3.05) is 38.6 Å². The van der Waals surface area contributed by atoms with Crippen LogP contribution in [0.2, 0.25) is 0 Å². The minimum Gasteiger partial charge on any atom is -0.382 e. The summed E-state index contributed by atoms with van der Waals surface area (Å²) in [5.74, 6) is 0.282. The van der Waals surface area contributed by atoms with Crippen LogP contribution in [0.5, 0.6) is 0 Å². The highest BCUT2D eigenvalue weighted by molar-refractivity contribution is 5.93. The lowest BCUT2D eigenvalue weighted by Gasteiger charge is -2.31. The summed E-state index contributed by atoms with van der Waals surface area (Å²) in [6.45, 7) is 5.30. The van der Waals surface area contributed by atoms with Gasteiger partial charge < -0.3 is 20.1 Å².